The number of urea groups is 1. The van der Waals surface area contributed by atoms with Crippen LogP contribution in [-0.2, 0) is 16.0 Å². The van der Waals surface area contributed by atoms with E-state index in [1.54, 1.807) is 41.0 Å². The van der Waals surface area contributed by atoms with Crippen LogP contribution in [0.2, 0.25) is 5.02 Å². The van der Waals surface area contributed by atoms with Crippen molar-refractivity contribution in [3.05, 3.63) is 65.2 Å². The van der Waals surface area contributed by atoms with Gasteiger partial charge < -0.3 is 5.32 Å². The average Bonchev–Trinajstić information content (AvgIpc) is 2.87. The van der Waals surface area contributed by atoms with Gasteiger partial charge in [0.2, 0.25) is 5.91 Å². The SMILES string of the molecule is O=C(Cc1ccccc1)N[C@@]1(C(F)(F)F)NC(=O)N(c2ccccc2Cl)C1=O. The van der Waals surface area contributed by atoms with Crippen LogP contribution in [0.1, 0.15) is 5.56 Å². The van der Waals surface area contributed by atoms with Gasteiger partial charge in [0.25, 0.3) is 11.6 Å². The Morgan fingerprint density at radius 1 is 1.07 bits per heavy atom. The largest absolute Gasteiger partial charge is 0.440 e. The molecule has 0 aromatic heterocycles. The molecule has 2 aromatic rings. The molecule has 1 aliphatic rings. The standard InChI is InChI=1S/C18H13ClF3N3O3/c19-12-8-4-5-9-13(12)25-15(27)17(18(20,21)22,24-16(25)28)23-14(26)10-11-6-2-1-3-7-11/h1-9H,10H2,(H,23,26)(H,24,28)/t17-/m1/s1. The zero-order valence-electron chi connectivity index (χ0n) is 14.1. The van der Waals surface area contributed by atoms with E-state index in [1.165, 1.54) is 24.3 Å². The lowest BCUT2D eigenvalue weighted by Gasteiger charge is -2.30. The van der Waals surface area contributed by atoms with E-state index >= 15 is 0 Å². The summed E-state index contributed by atoms with van der Waals surface area (Å²) in [5, 5.41) is 3.12. The van der Waals surface area contributed by atoms with Gasteiger partial charge in [-0.15, -0.1) is 0 Å². The van der Waals surface area contributed by atoms with Crippen LogP contribution in [0.15, 0.2) is 54.6 Å². The van der Waals surface area contributed by atoms with Gasteiger partial charge in [-0.2, -0.15) is 13.2 Å². The highest BCUT2D eigenvalue weighted by Gasteiger charge is 2.69. The monoisotopic (exact) mass is 411 g/mol. The number of nitrogens with zero attached hydrogens (tertiary/aromatic N) is 1. The molecule has 28 heavy (non-hydrogen) atoms. The van der Waals surface area contributed by atoms with Crippen molar-refractivity contribution < 1.29 is 27.6 Å². The smallest absolute Gasteiger partial charge is 0.318 e. The summed E-state index contributed by atoms with van der Waals surface area (Å²) in [5.41, 5.74) is -3.37. The van der Waals surface area contributed by atoms with Crippen LogP contribution in [0.4, 0.5) is 23.7 Å². The second kappa shape index (κ2) is 7.16. The number of halogens is 4. The molecule has 2 aromatic carbocycles. The molecule has 1 aliphatic heterocycles. The number of alkyl halides is 3. The van der Waals surface area contributed by atoms with Crippen molar-refractivity contribution in [3.8, 4) is 0 Å². The number of anilines is 1. The molecule has 0 radical (unpaired) electrons. The topological polar surface area (TPSA) is 78.5 Å². The van der Waals surface area contributed by atoms with E-state index in [0.717, 1.165) is 0 Å². The summed E-state index contributed by atoms with van der Waals surface area (Å²) in [6.45, 7) is 0. The van der Waals surface area contributed by atoms with E-state index in [4.69, 9.17) is 11.6 Å². The van der Waals surface area contributed by atoms with Crippen LogP contribution in [-0.4, -0.2) is 29.7 Å². The highest BCUT2D eigenvalue weighted by atomic mass is 35.5. The van der Waals surface area contributed by atoms with Gasteiger partial charge in [0.05, 0.1) is 17.1 Å². The Morgan fingerprint density at radius 2 is 1.68 bits per heavy atom. The van der Waals surface area contributed by atoms with Crippen molar-refractivity contribution in [1.82, 2.24) is 10.6 Å². The van der Waals surface area contributed by atoms with E-state index in [0.29, 0.717) is 5.56 Å². The van der Waals surface area contributed by atoms with Crippen molar-refractivity contribution in [2.75, 3.05) is 4.90 Å². The Labute approximate surface area is 162 Å². The average molecular weight is 412 g/mol. The van der Waals surface area contributed by atoms with E-state index in [-0.39, 0.29) is 15.6 Å². The van der Waals surface area contributed by atoms with Crippen molar-refractivity contribution in [1.29, 1.82) is 0 Å². The lowest BCUT2D eigenvalue weighted by Crippen LogP contribution is -2.69. The molecule has 0 bridgehead atoms. The van der Waals surface area contributed by atoms with Gasteiger partial charge in [-0.1, -0.05) is 54.1 Å². The van der Waals surface area contributed by atoms with Crippen LogP contribution < -0.4 is 15.5 Å². The number of carbonyl (C=O) groups is 3. The fourth-order valence-corrected chi connectivity index (χ4v) is 2.98. The molecular weight excluding hydrogens is 399 g/mol. The van der Waals surface area contributed by atoms with Crippen molar-refractivity contribution >= 4 is 35.1 Å². The first-order chi connectivity index (χ1) is 13.2. The quantitative estimate of drug-likeness (QED) is 0.759. The number of imide groups is 1. The lowest BCUT2D eigenvalue weighted by molar-refractivity contribution is -0.201. The van der Waals surface area contributed by atoms with Gasteiger partial charge in [0, 0.05) is 0 Å². The van der Waals surface area contributed by atoms with Gasteiger partial charge in [0.1, 0.15) is 0 Å². The van der Waals surface area contributed by atoms with Crippen molar-refractivity contribution in [2.45, 2.75) is 18.3 Å². The van der Waals surface area contributed by atoms with Crippen molar-refractivity contribution in [3.63, 3.8) is 0 Å². The normalized spacial score (nSPS) is 19.5. The fraction of sp³-hybridized carbons (Fsp3) is 0.167. The Balaban J connectivity index is 1.94. The van der Waals surface area contributed by atoms with Crippen LogP contribution >= 0.6 is 11.6 Å². The Kier molecular flexibility index (Phi) is 5.03. The summed E-state index contributed by atoms with van der Waals surface area (Å²) in [7, 11) is 0. The molecule has 4 amide bonds. The number of nitrogens with one attached hydrogen (secondary N) is 2. The number of amides is 4. The molecule has 146 valence electrons. The van der Waals surface area contributed by atoms with Crippen LogP contribution in [0.25, 0.3) is 0 Å². The van der Waals surface area contributed by atoms with Crippen LogP contribution in [0.5, 0.6) is 0 Å². The number of para-hydroxylation sites is 1. The summed E-state index contributed by atoms with van der Waals surface area (Å²) in [5.74, 6) is -2.78. The van der Waals surface area contributed by atoms with Gasteiger partial charge in [-0.25, -0.2) is 9.69 Å². The summed E-state index contributed by atoms with van der Waals surface area (Å²) >= 11 is 5.91. The van der Waals surface area contributed by atoms with Gasteiger partial charge in [0.15, 0.2) is 0 Å². The third-order valence-corrected chi connectivity index (χ3v) is 4.39. The fourth-order valence-electron chi connectivity index (χ4n) is 2.76. The third kappa shape index (κ3) is 3.40. The number of hydrogen-bond acceptors (Lipinski definition) is 3. The number of benzene rings is 2. The minimum Gasteiger partial charge on any atom is -0.318 e. The van der Waals surface area contributed by atoms with E-state index in [9.17, 15) is 27.6 Å². The van der Waals surface area contributed by atoms with Crippen molar-refractivity contribution in [2.24, 2.45) is 0 Å². The predicted octanol–water partition coefficient (Wildman–Crippen LogP) is 3.01. The molecular formula is C18H13ClF3N3O3. The highest BCUT2D eigenvalue weighted by Crippen LogP contribution is 2.37. The summed E-state index contributed by atoms with van der Waals surface area (Å²) in [4.78, 5) is 37.4. The number of hydrogen-bond donors (Lipinski definition) is 2. The van der Waals surface area contributed by atoms with Gasteiger partial charge >= 0.3 is 12.2 Å². The molecule has 10 heteroatoms. The first-order valence-corrected chi connectivity index (χ1v) is 8.36. The third-order valence-electron chi connectivity index (χ3n) is 4.07. The second-order valence-electron chi connectivity index (χ2n) is 5.98. The second-order valence-corrected chi connectivity index (χ2v) is 6.39. The molecule has 3 rings (SSSR count). The Hall–Kier alpha value is -3.07. The minimum atomic E-state index is -5.29. The van der Waals surface area contributed by atoms with Gasteiger partial charge in [-0.05, 0) is 17.7 Å². The number of carbonyl (C=O) groups excluding carboxylic acids is 3. The van der Waals surface area contributed by atoms with E-state index in [1.807, 2.05) is 0 Å². The maximum absolute atomic E-state index is 13.8. The van der Waals surface area contributed by atoms with Crippen LogP contribution in [0, 0.1) is 0 Å². The summed E-state index contributed by atoms with van der Waals surface area (Å²) < 4.78 is 41.5. The summed E-state index contributed by atoms with van der Waals surface area (Å²) in [6, 6.07) is 12.1. The molecule has 1 heterocycles. The summed E-state index contributed by atoms with van der Waals surface area (Å²) in [6.07, 6.45) is -5.70. The lowest BCUT2D eigenvalue weighted by atomic mass is 10.1. The van der Waals surface area contributed by atoms with E-state index < -0.39 is 36.1 Å². The van der Waals surface area contributed by atoms with Gasteiger partial charge in [-0.3, -0.25) is 14.9 Å². The number of rotatable bonds is 4. The minimum absolute atomic E-state index is 0.0976. The molecule has 1 saturated heterocycles. The zero-order valence-corrected chi connectivity index (χ0v) is 14.8. The Morgan fingerprint density at radius 3 is 2.29 bits per heavy atom. The molecule has 0 saturated carbocycles. The predicted molar refractivity (Wildman–Crippen MR) is 94.5 cm³/mol. The zero-order chi connectivity index (χ0) is 20.5. The maximum Gasteiger partial charge on any atom is 0.440 e. The first kappa shape index (κ1) is 19.7. The molecule has 0 unspecified atom stereocenters. The molecule has 1 fully saturated rings. The molecule has 0 spiro atoms. The first-order valence-electron chi connectivity index (χ1n) is 7.98. The molecule has 6 nitrogen and oxygen atoms in total. The molecule has 1 atom stereocenters. The van der Waals surface area contributed by atoms with Crippen LogP contribution in [0.3, 0.4) is 0 Å². The maximum atomic E-state index is 13.8. The van der Waals surface area contributed by atoms with E-state index in [2.05, 4.69) is 0 Å². The Bertz CT molecular complexity index is 936. The molecule has 2 N–H and O–H groups in total. The highest BCUT2D eigenvalue weighted by molar-refractivity contribution is 6.36. The molecule has 0 aliphatic carbocycles.